The van der Waals surface area contributed by atoms with E-state index >= 15 is 0 Å². The van der Waals surface area contributed by atoms with Crippen molar-refractivity contribution in [3.63, 3.8) is 0 Å². The maximum atomic E-state index is 12.3. The highest BCUT2D eigenvalue weighted by Gasteiger charge is 2.11. The molecule has 0 aliphatic carbocycles. The Hall–Kier alpha value is -3.13. The van der Waals surface area contributed by atoms with Crippen LogP contribution in [0.3, 0.4) is 0 Å². The average Bonchev–Trinajstić information content (AvgIpc) is 3.16. The minimum absolute atomic E-state index is 0.151. The molecule has 8 heteroatoms. The number of aryl methyl sites for hydroxylation is 3. The van der Waals surface area contributed by atoms with Gasteiger partial charge in [0.25, 0.3) is 16.7 Å². The summed E-state index contributed by atoms with van der Waals surface area (Å²) in [4.78, 5) is 19.6. The van der Waals surface area contributed by atoms with Crippen LogP contribution in [0.5, 0.6) is 5.75 Å². The first-order valence-electron chi connectivity index (χ1n) is 9.13. The Morgan fingerprint density at radius 3 is 2.83 bits per heavy atom. The van der Waals surface area contributed by atoms with Gasteiger partial charge in [0.1, 0.15) is 11.6 Å². The number of para-hydroxylation sites is 1. The lowest BCUT2D eigenvalue weighted by atomic mass is 10.1. The standard InChI is InChI=1S/C21H20N4O3S/c1-12-7-8-13(2)16(9-12)27-10-18-24-25-21(28-18)29-11-17-22-19-14(3)5-4-6-15(19)20(26)23-17/h4-9H,10-11H2,1-3H3,(H,22,23,26). The summed E-state index contributed by atoms with van der Waals surface area (Å²) < 4.78 is 11.4. The zero-order valence-electron chi connectivity index (χ0n) is 16.4. The number of rotatable bonds is 6. The lowest BCUT2D eigenvalue weighted by Gasteiger charge is -2.07. The third kappa shape index (κ3) is 4.32. The van der Waals surface area contributed by atoms with Crippen LogP contribution in [0.4, 0.5) is 0 Å². The fraction of sp³-hybridized carbons (Fsp3) is 0.238. The molecule has 2 aromatic heterocycles. The maximum absolute atomic E-state index is 12.3. The lowest BCUT2D eigenvalue weighted by molar-refractivity contribution is 0.250. The zero-order valence-corrected chi connectivity index (χ0v) is 17.2. The molecule has 0 bridgehead atoms. The van der Waals surface area contributed by atoms with Crippen molar-refractivity contribution in [2.24, 2.45) is 0 Å². The Bertz CT molecular complexity index is 1230. The van der Waals surface area contributed by atoms with E-state index < -0.39 is 0 Å². The van der Waals surface area contributed by atoms with Crippen LogP contribution in [0.15, 0.2) is 50.8 Å². The third-order valence-corrected chi connectivity index (χ3v) is 5.29. The number of thioether (sulfide) groups is 1. The summed E-state index contributed by atoms with van der Waals surface area (Å²) in [6.45, 7) is 6.14. The van der Waals surface area contributed by atoms with E-state index in [4.69, 9.17) is 9.15 Å². The van der Waals surface area contributed by atoms with E-state index in [-0.39, 0.29) is 12.2 Å². The normalized spacial score (nSPS) is 11.1. The molecular weight excluding hydrogens is 388 g/mol. The number of fused-ring (bicyclic) bond motifs is 1. The molecule has 0 atom stereocenters. The van der Waals surface area contributed by atoms with Gasteiger partial charge in [-0.25, -0.2) is 4.98 Å². The van der Waals surface area contributed by atoms with Gasteiger partial charge in [0, 0.05) is 0 Å². The van der Waals surface area contributed by atoms with Crippen molar-refractivity contribution in [3.8, 4) is 5.75 Å². The van der Waals surface area contributed by atoms with Crippen molar-refractivity contribution >= 4 is 22.7 Å². The molecule has 1 N–H and O–H groups in total. The Kier molecular flexibility index (Phi) is 5.35. The highest BCUT2D eigenvalue weighted by molar-refractivity contribution is 7.98. The fourth-order valence-corrected chi connectivity index (χ4v) is 3.56. The van der Waals surface area contributed by atoms with Crippen LogP contribution in [0.25, 0.3) is 10.9 Å². The summed E-state index contributed by atoms with van der Waals surface area (Å²) in [5.41, 5.74) is 3.69. The molecule has 0 radical (unpaired) electrons. The van der Waals surface area contributed by atoms with Crippen LogP contribution < -0.4 is 10.3 Å². The van der Waals surface area contributed by atoms with Gasteiger partial charge in [0.2, 0.25) is 0 Å². The summed E-state index contributed by atoms with van der Waals surface area (Å²) >= 11 is 1.32. The van der Waals surface area contributed by atoms with Crippen LogP contribution in [0.2, 0.25) is 0 Å². The number of nitrogens with zero attached hydrogens (tertiary/aromatic N) is 3. The smallest absolute Gasteiger partial charge is 0.277 e. The van der Waals surface area contributed by atoms with E-state index in [1.54, 1.807) is 6.07 Å². The molecule has 0 unspecified atom stereocenters. The quantitative estimate of drug-likeness (QED) is 0.480. The van der Waals surface area contributed by atoms with Gasteiger partial charge >= 0.3 is 0 Å². The number of aromatic nitrogens is 4. The average molecular weight is 408 g/mol. The number of hydrogen-bond acceptors (Lipinski definition) is 7. The van der Waals surface area contributed by atoms with Crippen molar-refractivity contribution in [3.05, 3.63) is 75.2 Å². The van der Waals surface area contributed by atoms with Crippen molar-refractivity contribution in [2.45, 2.75) is 38.4 Å². The first kappa shape index (κ1) is 19.2. The topological polar surface area (TPSA) is 93.9 Å². The fourth-order valence-electron chi connectivity index (χ4n) is 2.91. The van der Waals surface area contributed by atoms with Crippen LogP contribution in [-0.4, -0.2) is 20.2 Å². The highest BCUT2D eigenvalue weighted by Crippen LogP contribution is 2.23. The van der Waals surface area contributed by atoms with Crippen molar-refractivity contribution < 1.29 is 9.15 Å². The molecule has 0 saturated heterocycles. The SMILES string of the molecule is Cc1ccc(C)c(OCc2nnc(SCc3nc4c(C)cccc4c(=O)[nH]3)o2)c1. The number of aromatic amines is 1. The molecule has 4 aromatic rings. The first-order valence-corrected chi connectivity index (χ1v) is 10.1. The molecule has 0 amide bonds. The summed E-state index contributed by atoms with van der Waals surface area (Å²) in [7, 11) is 0. The Labute approximate surface area is 171 Å². The molecule has 7 nitrogen and oxygen atoms in total. The monoisotopic (exact) mass is 408 g/mol. The summed E-state index contributed by atoms with van der Waals surface area (Å²) in [6.07, 6.45) is 0. The molecule has 148 valence electrons. The van der Waals surface area contributed by atoms with Gasteiger partial charge in [-0.1, -0.05) is 36.0 Å². The van der Waals surface area contributed by atoms with Crippen molar-refractivity contribution in [1.82, 2.24) is 20.2 Å². The molecule has 0 saturated carbocycles. The van der Waals surface area contributed by atoms with Gasteiger partial charge in [-0.05, 0) is 49.6 Å². The Balaban J connectivity index is 1.42. The van der Waals surface area contributed by atoms with E-state index in [1.807, 2.05) is 51.1 Å². The van der Waals surface area contributed by atoms with Crippen molar-refractivity contribution in [1.29, 1.82) is 0 Å². The number of benzene rings is 2. The largest absolute Gasteiger partial charge is 0.484 e. The number of nitrogens with one attached hydrogen (secondary N) is 1. The first-order chi connectivity index (χ1) is 14.0. The van der Waals surface area contributed by atoms with E-state index in [2.05, 4.69) is 20.2 Å². The molecule has 2 aromatic carbocycles. The zero-order chi connectivity index (χ0) is 20.4. The highest BCUT2D eigenvalue weighted by atomic mass is 32.2. The summed E-state index contributed by atoms with van der Waals surface area (Å²) in [6, 6.07) is 11.6. The van der Waals surface area contributed by atoms with Crippen LogP contribution >= 0.6 is 11.8 Å². The van der Waals surface area contributed by atoms with Gasteiger partial charge in [-0.15, -0.1) is 10.2 Å². The van der Waals surface area contributed by atoms with Gasteiger partial charge in [0.05, 0.1) is 16.7 Å². The van der Waals surface area contributed by atoms with Crippen molar-refractivity contribution in [2.75, 3.05) is 0 Å². The van der Waals surface area contributed by atoms with Crippen LogP contribution in [0.1, 0.15) is 28.4 Å². The van der Waals surface area contributed by atoms with E-state index in [0.717, 1.165) is 22.4 Å². The van der Waals surface area contributed by atoms with E-state index in [9.17, 15) is 4.79 Å². The molecule has 0 fully saturated rings. The molecule has 29 heavy (non-hydrogen) atoms. The number of H-pyrrole nitrogens is 1. The van der Waals surface area contributed by atoms with Crippen LogP contribution in [-0.2, 0) is 12.4 Å². The Morgan fingerprint density at radius 2 is 1.97 bits per heavy atom. The molecule has 0 aliphatic rings. The van der Waals surface area contributed by atoms with Gasteiger partial charge in [-0.2, -0.15) is 0 Å². The lowest BCUT2D eigenvalue weighted by Crippen LogP contribution is -2.11. The second kappa shape index (κ2) is 8.08. The van der Waals surface area contributed by atoms with Crippen LogP contribution in [0, 0.1) is 20.8 Å². The minimum Gasteiger partial charge on any atom is -0.484 e. The van der Waals surface area contributed by atoms with E-state index in [1.165, 1.54) is 11.8 Å². The maximum Gasteiger partial charge on any atom is 0.277 e. The predicted octanol–water partition coefficient (Wildman–Crippen LogP) is 4.10. The summed E-state index contributed by atoms with van der Waals surface area (Å²) in [5, 5.41) is 9.04. The molecule has 0 spiro atoms. The van der Waals surface area contributed by atoms with Gasteiger partial charge < -0.3 is 14.1 Å². The molecule has 2 heterocycles. The molecular formula is C21H20N4O3S. The Morgan fingerprint density at radius 1 is 1.10 bits per heavy atom. The molecule has 4 rings (SSSR count). The van der Waals surface area contributed by atoms with Gasteiger partial charge in [-0.3, -0.25) is 4.79 Å². The molecule has 0 aliphatic heterocycles. The number of hydrogen-bond donors (Lipinski definition) is 1. The third-order valence-electron chi connectivity index (χ3n) is 4.46. The predicted molar refractivity (Wildman–Crippen MR) is 111 cm³/mol. The number of ether oxygens (including phenoxy) is 1. The second-order valence-corrected chi connectivity index (χ2v) is 7.72. The second-order valence-electron chi connectivity index (χ2n) is 6.79. The van der Waals surface area contributed by atoms with E-state index in [0.29, 0.717) is 33.6 Å². The van der Waals surface area contributed by atoms with Gasteiger partial charge in [0.15, 0.2) is 6.61 Å². The summed E-state index contributed by atoms with van der Waals surface area (Å²) in [5.74, 6) is 2.17. The minimum atomic E-state index is -0.151.